The van der Waals surface area contributed by atoms with Gasteiger partial charge in [-0.2, -0.15) is 18.2 Å². The van der Waals surface area contributed by atoms with Gasteiger partial charge in [0.05, 0.1) is 28.7 Å². The lowest BCUT2D eigenvalue weighted by atomic mass is 10.1. The van der Waals surface area contributed by atoms with Crippen LogP contribution in [0.4, 0.5) is 32.0 Å². The number of anilines is 1. The second-order valence-electron chi connectivity index (χ2n) is 6.58. The Hall–Kier alpha value is -3.50. The molecule has 0 atom stereocenters. The molecule has 2 aromatic carbocycles. The van der Waals surface area contributed by atoms with Crippen molar-refractivity contribution in [1.29, 1.82) is 0 Å². The lowest BCUT2D eigenvalue weighted by Crippen LogP contribution is -2.10. The second-order valence-corrected chi connectivity index (χ2v) is 6.58. The average Bonchev–Trinajstić information content (AvgIpc) is 3.20. The summed E-state index contributed by atoms with van der Waals surface area (Å²) in [6.07, 6.45) is -4.86. The molecule has 4 rings (SSSR count). The number of rotatable bonds is 3. The van der Waals surface area contributed by atoms with Gasteiger partial charge in [-0.15, -0.1) is 0 Å². The quantitative estimate of drug-likeness (QED) is 0.367. The van der Waals surface area contributed by atoms with Crippen LogP contribution in [0.2, 0.25) is 0 Å². The van der Waals surface area contributed by atoms with Crippen LogP contribution in [0.25, 0.3) is 22.4 Å². The molecule has 0 aliphatic carbocycles. The van der Waals surface area contributed by atoms with E-state index in [0.717, 1.165) is 18.2 Å². The molecular weight excluding hydrogens is 414 g/mol. The molecule has 0 fully saturated rings. The van der Waals surface area contributed by atoms with Gasteiger partial charge < -0.3 is 14.8 Å². The zero-order valence-corrected chi connectivity index (χ0v) is 15.2. The highest BCUT2D eigenvalue weighted by molar-refractivity contribution is 5.90. The Kier molecular flexibility index (Phi) is 4.48. The predicted octanol–water partition coefficient (Wildman–Crippen LogP) is 5.07. The molecule has 0 unspecified atom stereocenters. The van der Waals surface area contributed by atoms with E-state index in [9.17, 15) is 26.3 Å². The Morgan fingerprint density at radius 2 is 1.73 bits per heavy atom. The van der Waals surface area contributed by atoms with Crippen molar-refractivity contribution < 1.29 is 30.9 Å². The summed E-state index contributed by atoms with van der Waals surface area (Å²) in [7, 11) is 0. The number of aromatic nitrogens is 3. The van der Waals surface area contributed by atoms with E-state index in [4.69, 9.17) is 10.3 Å². The van der Waals surface area contributed by atoms with Crippen molar-refractivity contribution in [3.8, 4) is 11.5 Å². The Morgan fingerprint density at radius 3 is 2.37 bits per heavy atom. The molecule has 2 N–H and O–H groups in total. The third kappa shape index (κ3) is 3.25. The van der Waals surface area contributed by atoms with Gasteiger partial charge in [0.2, 0.25) is 0 Å². The molecule has 156 valence electrons. The van der Waals surface area contributed by atoms with Crippen molar-refractivity contribution in [2.75, 3.05) is 5.73 Å². The number of hydrogen-bond acceptors (Lipinski definition) is 4. The van der Waals surface area contributed by atoms with Gasteiger partial charge in [-0.1, -0.05) is 5.16 Å². The minimum absolute atomic E-state index is 0.0151. The normalized spacial score (nSPS) is 12.1. The van der Waals surface area contributed by atoms with E-state index >= 15 is 0 Å². The average molecular weight is 426 g/mol. The van der Waals surface area contributed by atoms with E-state index in [0.29, 0.717) is 6.07 Å². The highest BCUT2D eigenvalue weighted by Crippen LogP contribution is 2.41. The molecule has 0 saturated carbocycles. The van der Waals surface area contributed by atoms with Crippen LogP contribution in [0.5, 0.6) is 0 Å². The molecule has 5 nitrogen and oxygen atoms in total. The number of nitrogens with zero attached hydrogens (tertiary/aromatic N) is 3. The van der Waals surface area contributed by atoms with Crippen molar-refractivity contribution in [1.82, 2.24) is 14.7 Å². The van der Waals surface area contributed by atoms with Gasteiger partial charge in [-0.3, -0.25) is 0 Å². The summed E-state index contributed by atoms with van der Waals surface area (Å²) in [5, 5.41) is 3.02. The van der Waals surface area contributed by atoms with E-state index in [-0.39, 0.29) is 35.0 Å². The third-order valence-corrected chi connectivity index (χ3v) is 4.61. The number of nitrogen functional groups attached to an aromatic ring is 1. The first-order valence-corrected chi connectivity index (χ1v) is 8.49. The van der Waals surface area contributed by atoms with Crippen molar-refractivity contribution in [3.05, 3.63) is 64.9 Å². The van der Waals surface area contributed by atoms with Gasteiger partial charge in [-0.05, 0) is 31.2 Å². The molecule has 0 bridgehead atoms. The van der Waals surface area contributed by atoms with Crippen LogP contribution in [-0.2, 0) is 12.7 Å². The third-order valence-electron chi connectivity index (χ3n) is 4.61. The molecule has 0 radical (unpaired) electrons. The number of halogens is 6. The monoisotopic (exact) mass is 426 g/mol. The molecular formula is C19H12F6N4O. The van der Waals surface area contributed by atoms with Gasteiger partial charge in [0.15, 0.2) is 11.6 Å². The van der Waals surface area contributed by atoms with E-state index in [1.54, 1.807) is 0 Å². The van der Waals surface area contributed by atoms with Crippen LogP contribution in [0.15, 0.2) is 34.9 Å². The standard InChI is InChI=1S/C19H12F6N4O/c1-8-17(22)15-13(3-2-12(26)16(15)19(23,24)25)29(8)7-14-27-18(30-28-14)9-4-10(20)6-11(21)5-9/h2-6H,7,26H2,1H3. The summed E-state index contributed by atoms with van der Waals surface area (Å²) in [4.78, 5) is 4.00. The number of nitrogens with two attached hydrogens (primary N) is 1. The maximum atomic E-state index is 14.7. The molecule has 0 aliphatic heterocycles. The van der Waals surface area contributed by atoms with Gasteiger partial charge >= 0.3 is 6.18 Å². The topological polar surface area (TPSA) is 69.9 Å². The molecule has 0 spiro atoms. The lowest BCUT2D eigenvalue weighted by molar-refractivity contribution is -0.135. The second kappa shape index (κ2) is 6.78. The lowest BCUT2D eigenvalue weighted by Gasteiger charge is -2.12. The zero-order chi connectivity index (χ0) is 21.8. The molecule has 4 aromatic rings. The Bertz CT molecular complexity index is 1250. The van der Waals surface area contributed by atoms with E-state index < -0.39 is 40.3 Å². The molecule has 0 amide bonds. The first-order chi connectivity index (χ1) is 14.1. The van der Waals surface area contributed by atoms with Crippen LogP contribution >= 0.6 is 0 Å². The molecule has 11 heteroatoms. The van der Waals surface area contributed by atoms with Crippen molar-refractivity contribution >= 4 is 16.6 Å². The van der Waals surface area contributed by atoms with Gasteiger partial charge in [0.25, 0.3) is 5.89 Å². The highest BCUT2D eigenvalue weighted by Gasteiger charge is 2.37. The number of alkyl halides is 3. The van der Waals surface area contributed by atoms with Crippen molar-refractivity contribution in [2.45, 2.75) is 19.6 Å². The van der Waals surface area contributed by atoms with Gasteiger partial charge in [0.1, 0.15) is 11.6 Å². The molecule has 30 heavy (non-hydrogen) atoms. The maximum Gasteiger partial charge on any atom is 0.419 e. The minimum Gasteiger partial charge on any atom is -0.398 e. The summed E-state index contributed by atoms with van der Waals surface area (Å²) in [6, 6.07) is 4.93. The van der Waals surface area contributed by atoms with E-state index in [1.807, 2.05) is 0 Å². The Labute approximate surface area is 164 Å². The SMILES string of the molecule is Cc1c(F)c2c(C(F)(F)F)c(N)ccc2n1Cc1noc(-c2cc(F)cc(F)c2)n1. The van der Waals surface area contributed by atoms with Crippen molar-refractivity contribution in [3.63, 3.8) is 0 Å². The Morgan fingerprint density at radius 1 is 1.07 bits per heavy atom. The predicted molar refractivity (Wildman–Crippen MR) is 94.8 cm³/mol. The fourth-order valence-corrected chi connectivity index (χ4v) is 3.30. The largest absolute Gasteiger partial charge is 0.419 e. The number of hydrogen-bond donors (Lipinski definition) is 1. The smallest absolute Gasteiger partial charge is 0.398 e. The van der Waals surface area contributed by atoms with Crippen LogP contribution in [-0.4, -0.2) is 14.7 Å². The maximum absolute atomic E-state index is 14.7. The van der Waals surface area contributed by atoms with Crippen molar-refractivity contribution in [2.24, 2.45) is 0 Å². The van der Waals surface area contributed by atoms with Gasteiger partial charge in [0, 0.05) is 17.3 Å². The molecule has 0 saturated heterocycles. The summed E-state index contributed by atoms with van der Waals surface area (Å²) < 4.78 is 88.0. The summed E-state index contributed by atoms with van der Waals surface area (Å²) in [5.41, 5.74) is 3.42. The zero-order valence-electron chi connectivity index (χ0n) is 15.2. The summed E-state index contributed by atoms with van der Waals surface area (Å²) in [6.45, 7) is 1.06. The molecule has 2 aromatic heterocycles. The van der Waals surface area contributed by atoms with Gasteiger partial charge in [-0.25, -0.2) is 13.2 Å². The van der Waals surface area contributed by atoms with Crippen LogP contribution < -0.4 is 5.73 Å². The van der Waals surface area contributed by atoms with Crippen LogP contribution in [0.3, 0.4) is 0 Å². The molecule has 0 aliphatic rings. The number of benzene rings is 2. The Balaban J connectivity index is 1.79. The van der Waals surface area contributed by atoms with Crippen LogP contribution in [0, 0.1) is 24.4 Å². The summed E-state index contributed by atoms with van der Waals surface area (Å²) >= 11 is 0. The summed E-state index contributed by atoms with van der Waals surface area (Å²) in [5.74, 6) is -2.99. The highest BCUT2D eigenvalue weighted by atomic mass is 19.4. The first kappa shape index (κ1) is 19.8. The van der Waals surface area contributed by atoms with E-state index in [2.05, 4.69) is 10.1 Å². The number of fused-ring (bicyclic) bond motifs is 1. The van der Waals surface area contributed by atoms with Crippen LogP contribution in [0.1, 0.15) is 17.1 Å². The first-order valence-electron chi connectivity index (χ1n) is 8.49. The van der Waals surface area contributed by atoms with E-state index in [1.165, 1.54) is 17.6 Å². The fourth-order valence-electron chi connectivity index (χ4n) is 3.30. The fraction of sp³-hybridized carbons (Fsp3) is 0.158. The molecule has 2 heterocycles. The minimum atomic E-state index is -4.86.